The number of benzene rings is 1. The third-order valence-electron chi connectivity index (χ3n) is 14.6. The number of nitrogens with one attached hydrogen (secondary N) is 1. The molecule has 6 rings (SSSR count). The number of ketones is 1. The van der Waals surface area contributed by atoms with Crippen LogP contribution in [0.1, 0.15) is 99.0 Å². The zero-order chi connectivity index (χ0) is 33.4. The van der Waals surface area contributed by atoms with Gasteiger partial charge in [0.1, 0.15) is 11.9 Å². The van der Waals surface area contributed by atoms with E-state index in [-0.39, 0.29) is 80.8 Å². The number of aliphatic imine (C=N–C) groups is 1. The van der Waals surface area contributed by atoms with Crippen LogP contribution in [0, 0.1) is 50.7 Å². The molecule has 0 aromatic heterocycles. The van der Waals surface area contributed by atoms with Crippen LogP contribution in [0.25, 0.3) is 0 Å². The summed E-state index contributed by atoms with van der Waals surface area (Å²) in [6.45, 7) is 15.4. The molecule has 5 saturated carbocycles. The fourth-order valence-corrected chi connectivity index (χ4v) is 12.1. The van der Waals surface area contributed by atoms with Crippen LogP contribution in [-0.4, -0.2) is 61.1 Å². The van der Waals surface area contributed by atoms with Crippen molar-refractivity contribution in [2.24, 2.45) is 55.7 Å². The quantitative estimate of drug-likeness (QED) is 0.262. The number of Topliss-reactive ketones (excluding diaryl/α,β-unsaturated/α-hetero) is 1. The van der Waals surface area contributed by atoms with Gasteiger partial charge in [0.05, 0.1) is 6.54 Å². The Labute approximate surface area is 276 Å². The molecule has 252 valence electrons. The summed E-state index contributed by atoms with van der Waals surface area (Å²) in [6, 6.07) is 10.5. The van der Waals surface area contributed by atoms with Crippen molar-refractivity contribution in [3.63, 3.8) is 0 Å². The largest absolute Gasteiger partial charge is 0.462 e. The second kappa shape index (κ2) is 11.3. The van der Waals surface area contributed by atoms with Gasteiger partial charge < -0.3 is 15.0 Å². The van der Waals surface area contributed by atoms with Crippen LogP contribution < -0.4 is 5.32 Å². The molecule has 1 unspecified atom stereocenters. The Balaban J connectivity index is 1.38. The maximum atomic E-state index is 14.9. The lowest BCUT2D eigenvalue weighted by Gasteiger charge is -2.62. The van der Waals surface area contributed by atoms with Gasteiger partial charge in [-0.05, 0) is 93.2 Å². The van der Waals surface area contributed by atoms with Gasteiger partial charge in [-0.25, -0.2) is 0 Å². The lowest BCUT2D eigenvalue weighted by molar-refractivity contribution is -0.168. The third-order valence-corrected chi connectivity index (χ3v) is 14.6. The summed E-state index contributed by atoms with van der Waals surface area (Å²) < 4.78 is 6.13. The number of rotatable bonds is 8. The maximum Gasteiger partial charge on any atom is 0.302 e. The van der Waals surface area contributed by atoms with E-state index < -0.39 is 0 Å². The fraction of sp³-hybridized carbons (Fsp3) is 0.744. The van der Waals surface area contributed by atoms with Crippen LogP contribution in [0.2, 0.25) is 0 Å². The molecular weight excluding hydrogens is 574 g/mol. The minimum Gasteiger partial charge on any atom is -0.462 e. The summed E-state index contributed by atoms with van der Waals surface area (Å²) in [7, 11) is 4.19. The van der Waals surface area contributed by atoms with Crippen molar-refractivity contribution in [2.45, 2.75) is 118 Å². The summed E-state index contributed by atoms with van der Waals surface area (Å²) in [5.74, 6) is 0.813. The lowest BCUT2D eigenvalue weighted by Crippen LogP contribution is -2.63. The molecule has 5 aliphatic carbocycles. The minimum atomic E-state index is -0.355. The highest BCUT2D eigenvalue weighted by Gasteiger charge is 2.86. The van der Waals surface area contributed by atoms with E-state index >= 15 is 0 Å². The Morgan fingerprint density at radius 3 is 2.35 bits per heavy atom. The molecule has 1 aromatic rings. The number of fused-ring (bicyclic) bond motifs is 2. The minimum absolute atomic E-state index is 0.0172. The number of esters is 1. The summed E-state index contributed by atoms with van der Waals surface area (Å²) >= 11 is 0. The predicted octanol–water partition coefficient (Wildman–Crippen LogP) is 6.49. The van der Waals surface area contributed by atoms with Gasteiger partial charge in [-0.2, -0.15) is 0 Å². The third kappa shape index (κ3) is 4.60. The topological polar surface area (TPSA) is 88.1 Å². The molecule has 11 atom stereocenters. The van der Waals surface area contributed by atoms with Crippen LogP contribution in [0.5, 0.6) is 0 Å². The Kier molecular flexibility index (Phi) is 8.18. The number of hydrogen-bond acceptors (Lipinski definition) is 6. The first-order valence-corrected chi connectivity index (χ1v) is 17.8. The molecule has 0 saturated heterocycles. The van der Waals surface area contributed by atoms with Crippen LogP contribution in [-0.2, 0) is 25.7 Å². The van der Waals surface area contributed by atoms with Gasteiger partial charge in [0.2, 0.25) is 5.91 Å². The number of amides is 1. The van der Waals surface area contributed by atoms with Crippen molar-refractivity contribution in [1.29, 1.82) is 0 Å². The molecule has 0 heterocycles. The van der Waals surface area contributed by atoms with E-state index in [1.807, 2.05) is 32.0 Å². The normalized spacial score (nSPS) is 43.5. The first-order valence-electron chi connectivity index (χ1n) is 17.8. The van der Waals surface area contributed by atoms with Gasteiger partial charge >= 0.3 is 5.97 Å². The average molecular weight is 632 g/mol. The summed E-state index contributed by atoms with van der Waals surface area (Å²) in [4.78, 5) is 47.7. The molecule has 5 fully saturated rings. The molecule has 7 nitrogen and oxygen atoms in total. The number of hydrogen-bond donors (Lipinski definition) is 1. The van der Waals surface area contributed by atoms with Crippen molar-refractivity contribution >= 4 is 23.9 Å². The molecule has 0 radical (unpaired) electrons. The highest BCUT2D eigenvalue weighted by molar-refractivity contribution is 5.92. The van der Waals surface area contributed by atoms with Gasteiger partial charge in [0.25, 0.3) is 0 Å². The second-order valence-corrected chi connectivity index (χ2v) is 17.1. The highest BCUT2D eigenvalue weighted by Crippen LogP contribution is 2.88. The number of carbonyl (C=O) groups excluding carboxylic acids is 3. The van der Waals surface area contributed by atoms with E-state index in [1.165, 1.54) is 12.5 Å². The zero-order valence-corrected chi connectivity index (χ0v) is 29.7. The van der Waals surface area contributed by atoms with Gasteiger partial charge in [-0.3, -0.25) is 19.4 Å². The van der Waals surface area contributed by atoms with E-state index in [0.29, 0.717) is 18.7 Å². The Morgan fingerprint density at radius 2 is 1.72 bits per heavy atom. The Hall–Kier alpha value is -2.54. The average Bonchev–Trinajstić information content (AvgIpc) is 3.62. The van der Waals surface area contributed by atoms with Gasteiger partial charge in [-0.1, -0.05) is 65.0 Å². The Bertz CT molecular complexity index is 1410. The summed E-state index contributed by atoms with van der Waals surface area (Å²) in [6.07, 6.45) is 8.08. The van der Waals surface area contributed by atoms with E-state index in [2.05, 4.69) is 70.4 Å². The molecule has 46 heavy (non-hydrogen) atoms. The second-order valence-electron chi connectivity index (χ2n) is 17.1. The van der Waals surface area contributed by atoms with Crippen LogP contribution in [0.4, 0.5) is 0 Å². The van der Waals surface area contributed by atoms with Crippen molar-refractivity contribution in [3.8, 4) is 0 Å². The smallest absolute Gasteiger partial charge is 0.302 e. The van der Waals surface area contributed by atoms with Gasteiger partial charge in [0.15, 0.2) is 0 Å². The molecule has 0 aliphatic heterocycles. The standard InChI is InChI=1S/C39H57N3O4/c1-24(2)34(45)41-31-17-18-38-22-39(38)30(16-15-29(38)35(31,5)23-40-21-27-13-11-10-12-14-27)36(6)19-28(46-26(4)43)33(25(3)42(8)9)37(36,7)20-32(39)44/h10-14,23-25,28-31,33H,15-22H2,1-9H3,(H,41,45)/t25-,28+,29-,30-,31-,33-,35-,36-,37+,38?,39-/m0/s1. The predicted molar refractivity (Wildman–Crippen MR) is 181 cm³/mol. The van der Waals surface area contributed by atoms with Gasteiger partial charge in [-0.15, -0.1) is 0 Å². The maximum absolute atomic E-state index is 14.9. The molecule has 1 amide bonds. The zero-order valence-electron chi connectivity index (χ0n) is 29.7. The van der Waals surface area contributed by atoms with Crippen molar-refractivity contribution in [2.75, 3.05) is 14.1 Å². The first-order chi connectivity index (χ1) is 21.6. The number of ether oxygens (including phenoxy) is 1. The van der Waals surface area contributed by atoms with Crippen molar-refractivity contribution in [1.82, 2.24) is 10.2 Å². The SMILES string of the molecule is CC(=O)O[C@@H]1C[C@@]2(C)[C@@H]3CC[C@@H]4C5(CC[C@H](NC(=O)C(C)C)[C@@]4(C)C=NCc4ccccc4)C[C@@]35C(=O)C[C@]2(C)[C@H]1[C@H](C)N(C)C. The van der Waals surface area contributed by atoms with Crippen LogP contribution >= 0.6 is 0 Å². The molecule has 5 aliphatic rings. The first kappa shape index (κ1) is 33.4. The van der Waals surface area contributed by atoms with E-state index in [4.69, 9.17) is 9.73 Å². The van der Waals surface area contributed by atoms with E-state index in [9.17, 15) is 14.4 Å². The van der Waals surface area contributed by atoms with E-state index in [1.54, 1.807) is 0 Å². The van der Waals surface area contributed by atoms with Gasteiger partial charge in [0, 0.05) is 54.3 Å². The fourth-order valence-electron chi connectivity index (χ4n) is 12.1. The highest BCUT2D eigenvalue weighted by atomic mass is 16.5. The molecular formula is C39H57N3O4. The molecule has 1 N–H and O–H groups in total. The van der Waals surface area contributed by atoms with Crippen molar-refractivity contribution < 1.29 is 19.1 Å². The molecule has 1 aromatic carbocycles. The number of nitrogens with zero attached hydrogens (tertiary/aromatic N) is 2. The molecule has 2 spiro atoms. The molecule has 7 heteroatoms. The van der Waals surface area contributed by atoms with Crippen LogP contribution in [0.3, 0.4) is 0 Å². The van der Waals surface area contributed by atoms with Crippen molar-refractivity contribution in [3.05, 3.63) is 35.9 Å². The summed E-state index contributed by atoms with van der Waals surface area (Å²) in [5.41, 5.74) is 0.0108. The van der Waals surface area contributed by atoms with Crippen LogP contribution in [0.15, 0.2) is 35.3 Å². The molecule has 0 bridgehead atoms. The lowest BCUT2D eigenvalue weighted by atomic mass is 9.41. The summed E-state index contributed by atoms with van der Waals surface area (Å²) in [5, 5.41) is 3.44. The monoisotopic (exact) mass is 631 g/mol. The van der Waals surface area contributed by atoms with E-state index in [0.717, 1.165) is 38.5 Å². The number of carbonyl (C=O) groups is 3. The Morgan fingerprint density at radius 1 is 1.04 bits per heavy atom.